The summed E-state index contributed by atoms with van der Waals surface area (Å²) in [6.07, 6.45) is 6.07. The lowest BCUT2D eigenvalue weighted by atomic mass is 10.3. The standard InChI is InChI=1S/C13H21N3O2S2/c1-16(7-8-19-2)20(17,18)13-6-3-11(10-15-13)9-14-12-4-5-12/h3,6,10,12,14H,4-5,7-9H2,1-2H3. The van der Waals surface area contributed by atoms with Crippen molar-refractivity contribution in [3.8, 4) is 0 Å². The average Bonchev–Trinajstić information content (AvgIpc) is 3.27. The molecule has 1 aliphatic carbocycles. The Labute approximate surface area is 125 Å². The van der Waals surface area contributed by atoms with E-state index < -0.39 is 10.0 Å². The summed E-state index contributed by atoms with van der Waals surface area (Å²) in [5.41, 5.74) is 1.02. The molecule has 1 N–H and O–H groups in total. The molecule has 0 aromatic carbocycles. The molecule has 5 nitrogen and oxygen atoms in total. The molecule has 0 aliphatic heterocycles. The van der Waals surface area contributed by atoms with Crippen molar-refractivity contribution in [2.24, 2.45) is 0 Å². The molecule has 0 atom stereocenters. The quantitative estimate of drug-likeness (QED) is 0.784. The fourth-order valence-electron chi connectivity index (χ4n) is 1.72. The van der Waals surface area contributed by atoms with Crippen LogP contribution in [0.25, 0.3) is 0 Å². The average molecular weight is 315 g/mol. The summed E-state index contributed by atoms with van der Waals surface area (Å²) in [4.78, 5) is 4.10. The van der Waals surface area contributed by atoms with Gasteiger partial charge >= 0.3 is 0 Å². The molecule has 1 saturated carbocycles. The Morgan fingerprint density at radius 2 is 2.20 bits per heavy atom. The van der Waals surface area contributed by atoms with Crippen LogP contribution in [0, 0.1) is 0 Å². The number of pyridine rings is 1. The molecule has 0 unspecified atom stereocenters. The third-order valence-corrected chi connectivity index (χ3v) is 5.62. The van der Waals surface area contributed by atoms with Crippen molar-refractivity contribution in [1.29, 1.82) is 0 Å². The van der Waals surface area contributed by atoms with Crippen molar-refractivity contribution >= 4 is 21.8 Å². The Hall–Kier alpha value is -0.630. The van der Waals surface area contributed by atoms with Crippen molar-refractivity contribution in [3.05, 3.63) is 23.9 Å². The maximum Gasteiger partial charge on any atom is 0.260 e. The van der Waals surface area contributed by atoms with Crippen molar-refractivity contribution < 1.29 is 8.42 Å². The molecule has 1 aliphatic rings. The van der Waals surface area contributed by atoms with Crippen molar-refractivity contribution in [3.63, 3.8) is 0 Å². The number of nitrogens with zero attached hydrogens (tertiary/aromatic N) is 2. The number of thioether (sulfide) groups is 1. The third kappa shape index (κ3) is 4.18. The molecule has 7 heteroatoms. The molecule has 0 radical (unpaired) electrons. The highest BCUT2D eigenvalue weighted by Crippen LogP contribution is 2.19. The van der Waals surface area contributed by atoms with Crippen LogP contribution in [0.5, 0.6) is 0 Å². The van der Waals surface area contributed by atoms with Gasteiger partial charge in [0.15, 0.2) is 5.03 Å². The highest BCUT2D eigenvalue weighted by Gasteiger charge is 2.22. The van der Waals surface area contributed by atoms with E-state index in [4.69, 9.17) is 0 Å². The maximum atomic E-state index is 12.3. The normalized spacial score (nSPS) is 15.8. The summed E-state index contributed by atoms with van der Waals surface area (Å²) in [5.74, 6) is 0.777. The first-order valence-corrected chi connectivity index (χ1v) is 9.51. The molecule has 0 amide bonds. The minimum absolute atomic E-state index is 0.122. The molecular formula is C13H21N3O2S2. The zero-order valence-corrected chi connectivity index (χ0v) is 13.5. The number of aromatic nitrogens is 1. The van der Waals surface area contributed by atoms with Crippen LogP contribution in [0.3, 0.4) is 0 Å². The largest absolute Gasteiger partial charge is 0.310 e. The van der Waals surface area contributed by atoms with Crippen LogP contribution in [0.4, 0.5) is 0 Å². The van der Waals surface area contributed by atoms with E-state index in [2.05, 4.69) is 10.3 Å². The fourth-order valence-corrected chi connectivity index (χ4v) is 3.37. The predicted octanol–water partition coefficient (Wildman–Crippen LogP) is 1.32. The highest BCUT2D eigenvalue weighted by molar-refractivity contribution is 7.98. The van der Waals surface area contributed by atoms with Gasteiger partial charge in [-0.3, -0.25) is 0 Å². The molecule has 0 saturated heterocycles. The number of sulfonamides is 1. The Bertz CT molecular complexity index is 527. The summed E-state index contributed by atoms with van der Waals surface area (Å²) < 4.78 is 25.9. The Balaban J connectivity index is 1.99. The first-order chi connectivity index (χ1) is 9.54. The van der Waals surface area contributed by atoms with Gasteiger partial charge in [0.2, 0.25) is 0 Å². The monoisotopic (exact) mass is 315 g/mol. The predicted molar refractivity (Wildman–Crippen MR) is 82.3 cm³/mol. The van der Waals surface area contributed by atoms with Crippen LogP contribution in [0.2, 0.25) is 0 Å². The maximum absolute atomic E-state index is 12.3. The number of hydrogen-bond acceptors (Lipinski definition) is 5. The van der Waals surface area contributed by atoms with Crippen molar-refractivity contribution in [2.75, 3.05) is 25.6 Å². The van der Waals surface area contributed by atoms with Gasteiger partial charge in [-0.15, -0.1) is 0 Å². The van der Waals surface area contributed by atoms with E-state index in [1.807, 2.05) is 12.3 Å². The van der Waals surface area contributed by atoms with E-state index in [1.165, 1.54) is 17.1 Å². The van der Waals surface area contributed by atoms with Crippen molar-refractivity contribution in [1.82, 2.24) is 14.6 Å². The molecule has 0 spiro atoms. The van der Waals surface area contributed by atoms with Gasteiger partial charge < -0.3 is 5.32 Å². The second-order valence-corrected chi connectivity index (χ2v) is 7.96. The van der Waals surface area contributed by atoms with Gasteiger partial charge in [-0.25, -0.2) is 13.4 Å². The van der Waals surface area contributed by atoms with Gasteiger partial charge in [0.05, 0.1) is 0 Å². The molecule has 1 fully saturated rings. The molecule has 1 heterocycles. The van der Waals surface area contributed by atoms with E-state index >= 15 is 0 Å². The van der Waals surface area contributed by atoms with Crippen LogP contribution in [-0.4, -0.2) is 49.3 Å². The second-order valence-electron chi connectivity index (χ2n) is 4.98. The van der Waals surface area contributed by atoms with E-state index in [1.54, 1.807) is 31.1 Å². The first kappa shape index (κ1) is 15.8. The van der Waals surface area contributed by atoms with E-state index in [-0.39, 0.29) is 5.03 Å². The van der Waals surface area contributed by atoms with Gasteiger partial charge in [-0.2, -0.15) is 16.1 Å². The zero-order valence-electron chi connectivity index (χ0n) is 11.9. The van der Waals surface area contributed by atoms with Gasteiger partial charge in [-0.1, -0.05) is 6.07 Å². The van der Waals surface area contributed by atoms with Crippen LogP contribution in [0.15, 0.2) is 23.4 Å². The fraction of sp³-hybridized carbons (Fsp3) is 0.615. The minimum atomic E-state index is -3.46. The van der Waals surface area contributed by atoms with Crippen LogP contribution in [0.1, 0.15) is 18.4 Å². The summed E-state index contributed by atoms with van der Waals surface area (Å²) in [6, 6.07) is 4.06. The summed E-state index contributed by atoms with van der Waals surface area (Å²) in [7, 11) is -1.87. The van der Waals surface area contributed by atoms with Crippen LogP contribution < -0.4 is 5.32 Å². The van der Waals surface area contributed by atoms with E-state index in [0.717, 1.165) is 17.9 Å². The van der Waals surface area contributed by atoms with Crippen molar-refractivity contribution in [2.45, 2.75) is 30.5 Å². The Morgan fingerprint density at radius 1 is 1.45 bits per heavy atom. The number of rotatable bonds is 8. The number of nitrogens with one attached hydrogen (secondary N) is 1. The zero-order chi connectivity index (χ0) is 14.6. The summed E-state index contributed by atoms with van der Waals surface area (Å²) in [6.45, 7) is 1.25. The summed E-state index contributed by atoms with van der Waals surface area (Å²) in [5, 5.41) is 3.50. The Kier molecular flexibility index (Phi) is 5.42. The molecule has 20 heavy (non-hydrogen) atoms. The minimum Gasteiger partial charge on any atom is -0.310 e. The van der Waals surface area contributed by atoms with E-state index in [9.17, 15) is 8.42 Å². The number of hydrogen-bond donors (Lipinski definition) is 1. The first-order valence-electron chi connectivity index (χ1n) is 6.67. The van der Waals surface area contributed by atoms with Crippen LogP contribution >= 0.6 is 11.8 Å². The van der Waals surface area contributed by atoms with Crippen LogP contribution in [-0.2, 0) is 16.6 Å². The lowest BCUT2D eigenvalue weighted by molar-refractivity contribution is 0.485. The van der Waals surface area contributed by atoms with Gasteiger partial charge in [0.1, 0.15) is 0 Å². The lowest BCUT2D eigenvalue weighted by Gasteiger charge is -2.16. The molecular weight excluding hydrogens is 294 g/mol. The van der Waals surface area contributed by atoms with Gasteiger partial charge in [0.25, 0.3) is 10.0 Å². The summed E-state index contributed by atoms with van der Waals surface area (Å²) >= 11 is 1.62. The van der Waals surface area contributed by atoms with Gasteiger partial charge in [0, 0.05) is 38.1 Å². The molecule has 0 bridgehead atoms. The molecule has 112 valence electrons. The smallest absolute Gasteiger partial charge is 0.260 e. The molecule has 1 aromatic heterocycles. The second kappa shape index (κ2) is 6.89. The van der Waals surface area contributed by atoms with Gasteiger partial charge in [-0.05, 0) is 30.7 Å². The Morgan fingerprint density at radius 3 is 2.75 bits per heavy atom. The van der Waals surface area contributed by atoms with E-state index in [0.29, 0.717) is 12.6 Å². The topological polar surface area (TPSA) is 62.3 Å². The highest BCUT2D eigenvalue weighted by atomic mass is 32.2. The SMILES string of the molecule is CSCCN(C)S(=O)(=O)c1ccc(CNC2CC2)cn1. The lowest BCUT2D eigenvalue weighted by Crippen LogP contribution is -2.29. The molecule has 2 rings (SSSR count). The molecule has 1 aromatic rings. The third-order valence-electron chi connectivity index (χ3n) is 3.25.